The Balaban J connectivity index is 1.53. The Bertz CT molecular complexity index is 724. The van der Waals surface area contributed by atoms with E-state index in [-0.39, 0.29) is 0 Å². The molecule has 1 amide bonds. The molecule has 6 nitrogen and oxygen atoms in total. The van der Waals surface area contributed by atoms with Crippen molar-refractivity contribution in [1.82, 2.24) is 20.4 Å². The monoisotopic (exact) mass is 427 g/mol. The molecule has 2 N–H and O–H groups in total. The summed E-state index contributed by atoms with van der Waals surface area (Å²) in [4.78, 5) is 21.2. The second-order valence-electron chi connectivity index (χ2n) is 9.37. The molecule has 0 saturated carbocycles. The van der Waals surface area contributed by atoms with Crippen LogP contribution in [0.1, 0.15) is 57.6 Å². The number of carbonyl (C=O) groups excluding carboxylic acids is 1. The Morgan fingerprint density at radius 2 is 1.87 bits per heavy atom. The Kier molecular flexibility index (Phi) is 9.19. The van der Waals surface area contributed by atoms with Gasteiger partial charge in [-0.1, -0.05) is 38.1 Å². The number of carbonyl (C=O) groups is 1. The van der Waals surface area contributed by atoms with Gasteiger partial charge in [0.25, 0.3) is 0 Å². The number of benzene rings is 1. The average Bonchev–Trinajstić information content (AvgIpc) is 3.14. The highest BCUT2D eigenvalue weighted by Gasteiger charge is 2.22. The third-order valence-corrected chi connectivity index (χ3v) is 6.28. The van der Waals surface area contributed by atoms with Crippen molar-refractivity contribution in [3.05, 3.63) is 35.4 Å². The zero-order valence-corrected chi connectivity index (χ0v) is 19.7. The quantitative estimate of drug-likeness (QED) is 0.361. The van der Waals surface area contributed by atoms with Crippen LogP contribution in [0.2, 0.25) is 0 Å². The van der Waals surface area contributed by atoms with Crippen LogP contribution in [0.5, 0.6) is 0 Å². The van der Waals surface area contributed by atoms with Crippen molar-refractivity contribution in [3.8, 4) is 0 Å². The Morgan fingerprint density at radius 1 is 1.13 bits per heavy atom. The van der Waals surface area contributed by atoms with Crippen LogP contribution >= 0.6 is 0 Å². The lowest BCUT2D eigenvalue weighted by molar-refractivity contribution is -0.127. The van der Waals surface area contributed by atoms with Gasteiger partial charge in [-0.05, 0) is 49.1 Å². The van der Waals surface area contributed by atoms with Crippen LogP contribution in [-0.2, 0) is 17.9 Å². The van der Waals surface area contributed by atoms with Gasteiger partial charge in [-0.15, -0.1) is 0 Å². The fourth-order valence-electron chi connectivity index (χ4n) is 4.95. The number of likely N-dealkylation sites (tertiary alicyclic amines) is 2. The van der Waals surface area contributed by atoms with Gasteiger partial charge in [-0.25, -0.2) is 4.99 Å². The number of hydrogen-bond acceptors (Lipinski definition) is 3. The predicted octanol–water partition coefficient (Wildman–Crippen LogP) is 3.23. The third-order valence-electron chi connectivity index (χ3n) is 6.28. The minimum Gasteiger partial charge on any atom is -0.357 e. The van der Waals surface area contributed by atoms with Crippen molar-refractivity contribution in [2.75, 3.05) is 39.3 Å². The first-order valence-corrected chi connectivity index (χ1v) is 12.1. The van der Waals surface area contributed by atoms with E-state index in [4.69, 9.17) is 4.99 Å². The van der Waals surface area contributed by atoms with Crippen LogP contribution in [0.15, 0.2) is 29.3 Å². The molecule has 172 valence electrons. The van der Waals surface area contributed by atoms with Gasteiger partial charge in [0.2, 0.25) is 5.91 Å². The number of piperidine rings is 1. The molecule has 0 bridgehead atoms. The van der Waals surface area contributed by atoms with E-state index >= 15 is 0 Å². The highest BCUT2D eigenvalue weighted by atomic mass is 16.2. The summed E-state index contributed by atoms with van der Waals surface area (Å²) in [6.07, 6.45) is 4.00. The van der Waals surface area contributed by atoms with Crippen LogP contribution in [0.25, 0.3) is 0 Å². The summed E-state index contributed by atoms with van der Waals surface area (Å²) in [5.41, 5.74) is 2.68. The number of guanidine groups is 1. The molecule has 2 fully saturated rings. The molecule has 0 radical (unpaired) electrons. The van der Waals surface area contributed by atoms with E-state index in [0.717, 1.165) is 63.4 Å². The van der Waals surface area contributed by atoms with E-state index < -0.39 is 0 Å². The second kappa shape index (κ2) is 12.1. The summed E-state index contributed by atoms with van der Waals surface area (Å²) in [5.74, 6) is 2.70. The van der Waals surface area contributed by atoms with Gasteiger partial charge in [0.1, 0.15) is 0 Å². The van der Waals surface area contributed by atoms with E-state index in [1.54, 1.807) is 0 Å². The molecule has 2 atom stereocenters. The molecule has 2 heterocycles. The maximum absolute atomic E-state index is 11.7. The van der Waals surface area contributed by atoms with Crippen LogP contribution < -0.4 is 10.6 Å². The van der Waals surface area contributed by atoms with Gasteiger partial charge >= 0.3 is 0 Å². The predicted molar refractivity (Wildman–Crippen MR) is 128 cm³/mol. The van der Waals surface area contributed by atoms with Crippen molar-refractivity contribution >= 4 is 11.9 Å². The molecule has 1 aromatic carbocycles. The van der Waals surface area contributed by atoms with Gasteiger partial charge in [0, 0.05) is 52.2 Å². The van der Waals surface area contributed by atoms with E-state index in [2.05, 4.69) is 60.6 Å². The van der Waals surface area contributed by atoms with Crippen molar-refractivity contribution in [1.29, 1.82) is 0 Å². The van der Waals surface area contributed by atoms with Crippen LogP contribution in [0, 0.1) is 11.8 Å². The number of amides is 1. The number of nitrogens with zero attached hydrogens (tertiary/aromatic N) is 3. The zero-order chi connectivity index (χ0) is 22.1. The smallest absolute Gasteiger partial charge is 0.222 e. The lowest BCUT2D eigenvalue weighted by Gasteiger charge is -2.35. The number of rotatable bonds is 9. The van der Waals surface area contributed by atoms with Gasteiger partial charge in [0.15, 0.2) is 5.96 Å². The Labute approximate surface area is 188 Å². The molecule has 2 aliphatic rings. The summed E-state index contributed by atoms with van der Waals surface area (Å²) >= 11 is 0. The highest BCUT2D eigenvalue weighted by Crippen LogP contribution is 2.23. The number of nitrogens with one attached hydrogen (secondary N) is 2. The molecule has 0 spiro atoms. The summed E-state index contributed by atoms with van der Waals surface area (Å²) in [6.45, 7) is 14.3. The van der Waals surface area contributed by atoms with Crippen LogP contribution in [-0.4, -0.2) is 60.9 Å². The maximum atomic E-state index is 11.7. The molecule has 2 aliphatic heterocycles. The molecular formula is C25H41N5O. The molecule has 0 aliphatic carbocycles. The molecule has 2 saturated heterocycles. The van der Waals surface area contributed by atoms with E-state index in [9.17, 15) is 4.79 Å². The maximum Gasteiger partial charge on any atom is 0.222 e. The fraction of sp³-hybridized carbons (Fsp3) is 0.680. The average molecular weight is 428 g/mol. The van der Waals surface area contributed by atoms with Gasteiger partial charge in [0.05, 0.1) is 6.54 Å². The minimum atomic E-state index is 0.301. The molecular weight excluding hydrogens is 386 g/mol. The van der Waals surface area contributed by atoms with E-state index in [0.29, 0.717) is 18.9 Å². The molecule has 1 aromatic rings. The Morgan fingerprint density at radius 3 is 2.55 bits per heavy atom. The molecule has 2 unspecified atom stereocenters. The van der Waals surface area contributed by atoms with Crippen molar-refractivity contribution in [2.24, 2.45) is 16.8 Å². The second-order valence-corrected chi connectivity index (χ2v) is 9.37. The van der Waals surface area contributed by atoms with Crippen molar-refractivity contribution in [2.45, 2.75) is 59.5 Å². The largest absolute Gasteiger partial charge is 0.357 e. The van der Waals surface area contributed by atoms with Crippen LogP contribution in [0.3, 0.4) is 0 Å². The van der Waals surface area contributed by atoms with E-state index in [1.807, 2.05) is 4.90 Å². The third kappa shape index (κ3) is 7.53. The number of aliphatic imine (C=N–C) groups is 1. The SMILES string of the molecule is CCNC(=NCc1ccccc1CN1CC(C)CC(C)C1)NCCCN1CCCC1=O. The lowest BCUT2D eigenvalue weighted by atomic mass is 9.91. The lowest BCUT2D eigenvalue weighted by Crippen LogP contribution is -2.39. The Hall–Kier alpha value is -2.08. The van der Waals surface area contributed by atoms with Gasteiger partial charge in [-0.3, -0.25) is 9.69 Å². The first kappa shape index (κ1) is 23.6. The highest BCUT2D eigenvalue weighted by molar-refractivity contribution is 5.80. The molecule has 0 aromatic heterocycles. The van der Waals surface area contributed by atoms with E-state index in [1.165, 1.54) is 30.6 Å². The van der Waals surface area contributed by atoms with Crippen molar-refractivity contribution in [3.63, 3.8) is 0 Å². The fourth-order valence-corrected chi connectivity index (χ4v) is 4.95. The summed E-state index contributed by atoms with van der Waals surface area (Å²) in [7, 11) is 0. The van der Waals surface area contributed by atoms with Crippen LogP contribution in [0.4, 0.5) is 0 Å². The molecule has 31 heavy (non-hydrogen) atoms. The zero-order valence-electron chi connectivity index (χ0n) is 19.7. The van der Waals surface area contributed by atoms with Gasteiger partial charge < -0.3 is 15.5 Å². The first-order chi connectivity index (χ1) is 15.0. The summed E-state index contributed by atoms with van der Waals surface area (Å²) in [6, 6.07) is 8.71. The molecule has 6 heteroatoms. The summed E-state index contributed by atoms with van der Waals surface area (Å²) < 4.78 is 0. The summed E-state index contributed by atoms with van der Waals surface area (Å²) in [5, 5.41) is 6.78. The topological polar surface area (TPSA) is 60.0 Å². The minimum absolute atomic E-state index is 0.301. The standard InChI is InChI=1S/C25H41N5O/c1-4-26-25(27-12-8-14-30-13-7-11-24(30)31)28-16-22-9-5-6-10-23(22)19-29-17-20(2)15-21(3)18-29/h5-6,9-10,20-21H,4,7-8,11-19H2,1-3H3,(H2,26,27,28). The molecule has 3 rings (SSSR count). The van der Waals surface area contributed by atoms with Crippen molar-refractivity contribution < 1.29 is 4.79 Å². The van der Waals surface area contributed by atoms with Gasteiger partial charge in [-0.2, -0.15) is 0 Å². The number of hydrogen-bond donors (Lipinski definition) is 2. The first-order valence-electron chi connectivity index (χ1n) is 12.1. The normalized spacial score (nSPS) is 22.7.